The molecule has 61 heavy (non-hydrogen) atoms. The van der Waals surface area contributed by atoms with Crippen LogP contribution in [0, 0.1) is 0 Å². The number of para-hydroxylation sites is 2. The van der Waals surface area contributed by atoms with Crippen LogP contribution in [-0.2, 0) is 0 Å². The van der Waals surface area contributed by atoms with Crippen LogP contribution >= 0.6 is 0 Å². The van der Waals surface area contributed by atoms with E-state index in [0.717, 1.165) is 66.6 Å². The van der Waals surface area contributed by atoms with Crippen molar-refractivity contribution in [1.29, 1.82) is 0 Å². The van der Waals surface area contributed by atoms with Gasteiger partial charge in [-0.1, -0.05) is 164 Å². The molecule has 0 bridgehead atoms. The highest BCUT2D eigenvalue weighted by molar-refractivity contribution is 6.27. The maximum absolute atomic E-state index is 6.93. The molecule has 0 spiro atoms. The van der Waals surface area contributed by atoms with Gasteiger partial charge in [0.05, 0.1) is 16.4 Å². The van der Waals surface area contributed by atoms with Crippen LogP contribution in [0.5, 0.6) is 0 Å². The molecule has 0 N–H and O–H groups in total. The first kappa shape index (κ1) is 33.8. The minimum absolute atomic E-state index is 0.806. The van der Waals surface area contributed by atoms with Crippen LogP contribution in [0.15, 0.2) is 221 Å². The van der Waals surface area contributed by atoms with Crippen molar-refractivity contribution in [3.63, 3.8) is 0 Å². The second kappa shape index (κ2) is 13.2. The molecule has 0 radical (unpaired) electrons. The Labute approximate surface area is 350 Å². The van der Waals surface area contributed by atoms with Crippen LogP contribution in [0.4, 0.5) is 0 Å². The summed E-state index contributed by atoms with van der Waals surface area (Å²) >= 11 is 0. The van der Waals surface area contributed by atoms with E-state index in [9.17, 15) is 0 Å². The van der Waals surface area contributed by atoms with Crippen molar-refractivity contribution in [3.05, 3.63) is 212 Å². The van der Waals surface area contributed by atoms with Crippen LogP contribution in [0.25, 0.3) is 127 Å². The first-order valence-electron chi connectivity index (χ1n) is 20.8. The smallest absolute Gasteiger partial charge is 0.147 e. The normalized spacial score (nSPS) is 11.9. The minimum Gasteiger partial charge on any atom is -0.456 e. The zero-order chi connectivity index (χ0) is 40.0. The fourth-order valence-corrected chi connectivity index (χ4v) is 10.1. The van der Waals surface area contributed by atoms with Crippen molar-refractivity contribution in [1.82, 2.24) is 4.57 Å². The monoisotopic (exact) mass is 777 g/mol. The fourth-order valence-electron chi connectivity index (χ4n) is 10.1. The van der Waals surface area contributed by atoms with Gasteiger partial charge in [0.15, 0.2) is 0 Å². The molecule has 0 saturated carbocycles. The molecular formula is C58H35NO2. The Balaban J connectivity index is 1.05. The lowest BCUT2D eigenvalue weighted by molar-refractivity contribution is 0.634. The Bertz CT molecular complexity index is 3800. The van der Waals surface area contributed by atoms with Crippen molar-refractivity contribution in [3.8, 4) is 50.4 Å². The lowest BCUT2D eigenvalue weighted by atomic mass is 9.85. The van der Waals surface area contributed by atoms with Gasteiger partial charge in [-0.3, -0.25) is 0 Å². The number of hydrogen-bond acceptors (Lipinski definition) is 2. The zero-order valence-electron chi connectivity index (χ0n) is 33.0. The lowest BCUT2D eigenvalue weighted by Crippen LogP contribution is -1.93. The summed E-state index contributed by atoms with van der Waals surface area (Å²) in [5.74, 6) is 0.860. The van der Waals surface area contributed by atoms with E-state index in [2.05, 4.69) is 211 Å². The molecule has 3 nitrogen and oxygen atoms in total. The highest BCUT2D eigenvalue weighted by atomic mass is 16.3. The molecule has 0 aliphatic heterocycles. The van der Waals surface area contributed by atoms with Crippen LogP contribution in [0.1, 0.15) is 0 Å². The Morgan fingerprint density at radius 3 is 1.59 bits per heavy atom. The molecule has 0 fully saturated rings. The molecule has 13 rings (SSSR count). The van der Waals surface area contributed by atoms with Crippen molar-refractivity contribution in [2.75, 3.05) is 0 Å². The molecule has 3 heterocycles. The maximum Gasteiger partial charge on any atom is 0.147 e. The second-order valence-electron chi connectivity index (χ2n) is 15.9. The van der Waals surface area contributed by atoms with Gasteiger partial charge in [0, 0.05) is 38.4 Å². The van der Waals surface area contributed by atoms with Crippen molar-refractivity contribution >= 4 is 76.3 Å². The predicted molar refractivity (Wildman–Crippen MR) is 255 cm³/mol. The van der Waals surface area contributed by atoms with Gasteiger partial charge >= 0.3 is 0 Å². The number of rotatable bonds is 5. The van der Waals surface area contributed by atoms with E-state index in [1.807, 2.05) is 6.07 Å². The molecule has 0 atom stereocenters. The Morgan fingerprint density at radius 1 is 0.311 bits per heavy atom. The largest absolute Gasteiger partial charge is 0.456 e. The molecule has 13 aromatic rings. The molecule has 3 heteroatoms. The van der Waals surface area contributed by atoms with Gasteiger partial charge < -0.3 is 13.4 Å². The average molecular weight is 778 g/mol. The Hall–Kier alpha value is -8.14. The van der Waals surface area contributed by atoms with E-state index in [4.69, 9.17) is 8.83 Å². The SMILES string of the molecule is c1ccc(-c2oc3c(ccc4oc5cc(-c6c7ccccc7c(-c7cccc8c7c7ccccc7n8-c7ccccc7)c7ccccc67)ccc5c43)c2-c2ccccc2)cc1. The summed E-state index contributed by atoms with van der Waals surface area (Å²) in [6.45, 7) is 0. The molecule has 0 aliphatic carbocycles. The molecular weight excluding hydrogens is 743 g/mol. The van der Waals surface area contributed by atoms with E-state index in [1.54, 1.807) is 0 Å². The molecule has 0 unspecified atom stereocenters. The third-order valence-electron chi connectivity index (χ3n) is 12.6. The van der Waals surface area contributed by atoms with E-state index in [-0.39, 0.29) is 0 Å². The van der Waals surface area contributed by atoms with E-state index < -0.39 is 0 Å². The van der Waals surface area contributed by atoms with Gasteiger partial charge in [-0.2, -0.15) is 0 Å². The number of hydrogen-bond donors (Lipinski definition) is 0. The van der Waals surface area contributed by atoms with Crippen LogP contribution in [0.3, 0.4) is 0 Å². The van der Waals surface area contributed by atoms with Crippen LogP contribution < -0.4 is 0 Å². The molecule has 0 saturated heterocycles. The highest BCUT2D eigenvalue weighted by Gasteiger charge is 2.24. The third kappa shape index (κ3) is 4.98. The van der Waals surface area contributed by atoms with E-state index >= 15 is 0 Å². The van der Waals surface area contributed by atoms with Gasteiger partial charge in [-0.15, -0.1) is 0 Å². The number of fused-ring (bicyclic) bond motifs is 10. The first-order valence-corrected chi connectivity index (χ1v) is 20.8. The van der Waals surface area contributed by atoms with Crippen molar-refractivity contribution in [2.24, 2.45) is 0 Å². The summed E-state index contributed by atoms with van der Waals surface area (Å²) < 4.78 is 16.1. The highest BCUT2D eigenvalue weighted by Crippen LogP contribution is 2.49. The van der Waals surface area contributed by atoms with Gasteiger partial charge in [0.25, 0.3) is 0 Å². The lowest BCUT2D eigenvalue weighted by Gasteiger charge is -2.18. The maximum atomic E-state index is 6.93. The van der Waals surface area contributed by atoms with Crippen LogP contribution in [-0.4, -0.2) is 4.57 Å². The van der Waals surface area contributed by atoms with Gasteiger partial charge in [0.1, 0.15) is 22.5 Å². The van der Waals surface area contributed by atoms with Crippen LogP contribution in [0.2, 0.25) is 0 Å². The van der Waals surface area contributed by atoms with Gasteiger partial charge in [-0.25, -0.2) is 0 Å². The second-order valence-corrected chi connectivity index (χ2v) is 15.9. The zero-order valence-corrected chi connectivity index (χ0v) is 33.0. The quantitative estimate of drug-likeness (QED) is 0.163. The van der Waals surface area contributed by atoms with Gasteiger partial charge in [0.2, 0.25) is 0 Å². The molecule has 3 aromatic heterocycles. The van der Waals surface area contributed by atoms with E-state index in [1.165, 1.54) is 60.0 Å². The first-order chi connectivity index (χ1) is 30.3. The standard InChI is InChI=1S/C58H35NO2/c1-4-17-36(18-5-1)53-47-33-34-50-56(58(47)61-57(53)37-19-6-2-7-20-37)45-32-31-38(35-51(45)60-50)52-40-23-10-12-25-42(40)54(43-26-13-11-24-41(43)52)46-28-16-30-49-55(46)44-27-14-15-29-48(44)59(49)39-21-8-3-9-22-39/h1-35H. The molecule has 284 valence electrons. The summed E-state index contributed by atoms with van der Waals surface area (Å²) in [5, 5.41) is 10.4. The number of benzene rings is 10. The summed E-state index contributed by atoms with van der Waals surface area (Å²) in [7, 11) is 0. The molecule has 0 aliphatic rings. The molecule has 10 aromatic carbocycles. The summed E-state index contributed by atoms with van der Waals surface area (Å²) in [4.78, 5) is 0. The summed E-state index contributed by atoms with van der Waals surface area (Å²) in [5.41, 5.74) is 14.0. The topological polar surface area (TPSA) is 31.2 Å². The fraction of sp³-hybridized carbons (Fsp3) is 0. The summed E-state index contributed by atoms with van der Waals surface area (Å²) in [6, 6.07) is 76.0. The Morgan fingerprint density at radius 2 is 0.885 bits per heavy atom. The number of nitrogens with zero attached hydrogens (tertiary/aromatic N) is 1. The molecule has 0 amide bonds. The van der Waals surface area contributed by atoms with Gasteiger partial charge in [-0.05, 0) is 97.9 Å². The minimum atomic E-state index is 0.806. The third-order valence-corrected chi connectivity index (χ3v) is 12.6. The van der Waals surface area contributed by atoms with Crippen molar-refractivity contribution in [2.45, 2.75) is 0 Å². The number of furan rings is 2. The average Bonchev–Trinajstić information content (AvgIpc) is 4.01. The Kier molecular flexibility index (Phi) is 7.31. The number of aromatic nitrogens is 1. The van der Waals surface area contributed by atoms with E-state index in [0.29, 0.717) is 0 Å². The van der Waals surface area contributed by atoms with Crippen molar-refractivity contribution < 1.29 is 8.83 Å². The predicted octanol–water partition coefficient (Wildman–Crippen LogP) is 16.4. The summed E-state index contributed by atoms with van der Waals surface area (Å²) in [6.07, 6.45) is 0.